The van der Waals surface area contributed by atoms with Crippen LogP contribution in [0.3, 0.4) is 0 Å². The quantitative estimate of drug-likeness (QED) is 0.173. The van der Waals surface area contributed by atoms with Gasteiger partial charge < -0.3 is 9.32 Å². The van der Waals surface area contributed by atoms with Crippen LogP contribution in [0.25, 0.3) is 55.3 Å². The van der Waals surface area contributed by atoms with E-state index in [9.17, 15) is 0 Å². The Morgan fingerprint density at radius 1 is 0.367 bits per heavy atom. The summed E-state index contributed by atoms with van der Waals surface area (Å²) in [7, 11) is 0. The van der Waals surface area contributed by atoms with Gasteiger partial charge in [-0.15, -0.1) is 0 Å². The first-order valence-corrected chi connectivity index (χ1v) is 20.9. The molecule has 2 aliphatic rings. The molecule has 12 rings (SSSR count). The van der Waals surface area contributed by atoms with Gasteiger partial charge in [0.2, 0.25) is 0 Å². The lowest BCUT2D eigenvalue weighted by molar-refractivity contribution is 0.660. The van der Waals surface area contributed by atoms with E-state index in [4.69, 9.17) is 4.42 Å². The minimum absolute atomic E-state index is 0.147. The summed E-state index contributed by atoms with van der Waals surface area (Å²) in [6.07, 6.45) is 0. The zero-order valence-electron chi connectivity index (χ0n) is 33.6. The van der Waals surface area contributed by atoms with Crippen LogP contribution >= 0.6 is 0 Å². The Morgan fingerprint density at radius 2 is 0.867 bits per heavy atom. The third-order valence-electron chi connectivity index (χ3n) is 13.4. The molecule has 10 aromatic rings. The molecule has 1 heterocycles. The highest BCUT2D eigenvalue weighted by Crippen LogP contribution is 2.56. The first-order valence-electron chi connectivity index (χ1n) is 20.9. The Bertz CT molecular complexity index is 3230. The van der Waals surface area contributed by atoms with Crippen LogP contribution < -0.4 is 4.90 Å². The van der Waals surface area contributed by atoms with E-state index < -0.39 is 5.41 Å². The smallest absolute Gasteiger partial charge is 0.137 e. The van der Waals surface area contributed by atoms with Gasteiger partial charge in [0.25, 0.3) is 0 Å². The minimum atomic E-state index is -0.610. The first-order chi connectivity index (χ1) is 29.5. The second-order valence-electron chi connectivity index (χ2n) is 16.8. The summed E-state index contributed by atoms with van der Waals surface area (Å²) < 4.78 is 6.50. The second kappa shape index (κ2) is 13.0. The number of rotatable bonds is 5. The average molecular weight is 768 g/mol. The normalized spacial score (nSPS) is 14.1. The van der Waals surface area contributed by atoms with Gasteiger partial charge in [-0.3, -0.25) is 0 Å². The largest absolute Gasteiger partial charge is 0.456 e. The van der Waals surface area contributed by atoms with E-state index in [-0.39, 0.29) is 5.41 Å². The monoisotopic (exact) mass is 767 g/mol. The highest BCUT2D eigenvalue weighted by Gasteiger charge is 2.44. The zero-order chi connectivity index (χ0) is 40.0. The number of hydrogen-bond donors (Lipinski definition) is 0. The van der Waals surface area contributed by atoms with Gasteiger partial charge in [-0.25, -0.2) is 0 Å². The van der Waals surface area contributed by atoms with Gasteiger partial charge in [-0.2, -0.15) is 0 Å². The summed E-state index contributed by atoms with van der Waals surface area (Å²) in [6, 6.07) is 78.2. The summed E-state index contributed by atoms with van der Waals surface area (Å²) in [5.74, 6) is 0. The van der Waals surface area contributed by atoms with Crippen molar-refractivity contribution in [3.63, 3.8) is 0 Å². The predicted molar refractivity (Wildman–Crippen MR) is 249 cm³/mol. The number of para-hydroxylation sites is 1. The average Bonchev–Trinajstić information content (AvgIpc) is 3.76. The fourth-order valence-electron chi connectivity index (χ4n) is 10.7. The molecular formula is C58H41NO. The van der Waals surface area contributed by atoms with E-state index in [1.165, 1.54) is 66.8 Å². The maximum atomic E-state index is 6.50. The number of furan rings is 1. The number of anilines is 3. The van der Waals surface area contributed by atoms with Crippen LogP contribution in [0, 0.1) is 0 Å². The van der Waals surface area contributed by atoms with Crippen molar-refractivity contribution in [2.45, 2.75) is 24.7 Å². The van der Waals surface area contributed by atoms with Crippen LogP contribution in [0.1, 0.15) is 47.2 Å². The minimum Gasteiger partial charge on any atom is -0.456 e. The van der Waals surface area contributed by atoms with E-state index in [0.717, 1.165) is 39.0 Å². The molecule has 0 fully saturated rings. The number of hydrogen-bond acceptors (Lipinski definition) is 2. The fourth-order valence-corrected chi connectivity index (χ4v) is 10.7. The van der Waals surface area contributed by atoms with Crippen molar-refractivity contribution in [3.8, 4) is 33.4 Å². The highest BCUT2D eigenvalue weighted by molar-refractivity contribution is 6.13. The predicted octanol–water partition coefficient (Wildman–Crippen LogP) is 15.4. The van der Waals surface area contributed by atoms with Crippen LogP contribution in [0.4, 0.5) is 17.1 Å². The van der Waals surface area contributed by atoms with Gasteiger partial charge in [-0.1, -0.05) is 184 Å². The fraction of sp³-hybridized carbons (Fsp3) is 0.0690. The van der Waals surface area contributed by atoms with E-state index in [2.05, 4.69) is 225 Å². The maximum absolute atomic E-state index is 6.50. The Hall–Kier alpha value is -7.42. The second-order valence-corrected chi connectivity index (χ2v) is 16.8. The van der Waals surface area contributed by atoms with Gasteiger partial charge in [0.1, 0.15) is 11.2 Å². The van der Waals surface area contributed by atoms with E-state index in [1.54, 1.807) is 0 Å². The summed E-state index contributed by atoms with van der Waals surface area (Å²) in [5, 5.41) is 2.21. The topological polar surface area (TPSA) is 16.4 Å². The molecule has 2 nitrogen and oxygen atoms in total. The molecule has 60 heavy (non-hydrogen) atoms. The Balaban J connectivity index is 1.12. The Morgan fingerprint density at radius 3 is 1.55 bits per heavy atom. The number of nitrogens with zero attached hydrogens (tertiary/aromatic N) is 1. The van der Waals surface area contributed by atoms with E-state index in [1.807, 2.05) is 6.07 Å². The van der Waals surface area contributed by atoms with Gasteiger partial charge in [0.05, 0.1) is 16.5 Å². The summed E-state index contributed by atoms with van der Waals surface area (Å²) >= 11 is 0. The van der Waals surface area contributed by atoms with E-state index >= 15 is 0 Å². The molecule has 0 unspecified atom stereocenters. The Labute approximate surface area is 350 Å². The lowest BCUT2D eigenvalue weighted by Crippen LogP contribution is -2.31. The zero-order valence-corrected chi connectivity index (χ0v) is 33.6. The van der Waals surface area contributed by atoms with Crippen molar-refractivity contribution in [2.24, 2.45) is 0 Å². The van der Waals surface area contributed by atoms with Crippen molar-refractivity contribution in [1.82, 2.24) is 0 Å². The molecule has 0 radical (unpaired) electrons. The van der Waals surface area contributed by atoms with Crippen LogP contribution in [0.15, 0.2) is 217 Å². The van der Waals surface area contributed by atoms with Crippen molar-refractivity contribution < 1.29 is 4.42 Å². The lowest BCUT2D eigenvalue weighted by Gasteiger charge is -2.38. The highest BCUT2D eigenvalue weighted by atomic mass is 16.3. The van der Waals surface area contributed by atoms with Crippen LogP contribution in [0.2, 0.25) is 0 Å². The molecule has 0 spiro atoms. The van der Waals surface area contributed by atoms with Crippen molar-refractivity contribution in [1.29, 1.82) is 0 Å². The molecule has 2 heteroatoms. The molecule has 0 aliphatic heterocycles. The van der Waals surface area contributed by atoms with Crippen molar-refractivity contribution in [2.75, 3.05) is 4.90 Å². The summed E-state index contributed by atoms with van der Waals surface area (Å²) in [6.45, 7) is 4.71. The molecule has 9 aromatic carbocycles. The molecule has 0 amide bonds. The van der Waals surface area contributed by atoms with E-state index in [0.29, 0.717) is 0 Å². The lowest BCUT2D eigenvalue weighted by atomic mass is 9.63. The molecule has 2 aliphatic carbocycles. The molecule has 284 valence electrons. The van der Waals surface area contributed by atoms with Gasteiger partial charge >= 0.3 is 0 Å². The molecule has 0 atom stereocenters. The number of benzene rings is 9. The molecule has 0 saturated carbocycles. The van der Waals surface area contributed by atoms with Crippen LogP contribution in [0.5, 0.6) is 0 Å². The Kier molecular flexibility index (Phi) is 7.52. The SMILES string of the molecule is CC1(C)c2ccccc2-c2ccc(N(c3ccc(C4(c5ccccc5)c5ccccc5-c5ccccc5-c5ccccc54)cc3)c3cccc4oc5ccccc5c34)cc21. The van der Waals surface area contributed by atoms with Crippen molar-refractivity contribution >= 4 is 39.0 Å². The maximum Gasteiger partial charge on any atom is 0.137 e. The standard InChI is InChI=1S/C58H41NO/c1-57(2)49-25-12-8-23-46(49)47-36-35-41(37-52(47)57)59(53-28-16-30-55-56(53)48-24-11-15-29-54(48)60-55)40-33-31-39(32-34-40)58(38-17-4-3-5-18-38)50-26-13-9-21-44(50)42-19-6-7-20-43(42)45-22-10-14-27-51(45)58/h3-37H,1-2H3. The molecule has 0 bridgehead atoms. The van der Waals surface area contributed by atoms with Crippen LogP contribution in [-0.4, -0.2) is 0 Å². The molecule has 0 N–H and O–H groups in total. The molecule has 1 aromatic heterocycles. The third-order valence-corrected chi connectivity index (χ3v) is 13.4. The first kappa shape index (κ1) is 34.6. The van der Waals surface area contributed by atoms with Gasteiger partial charge in [0.15, 0.2) is 0 Å². The molecular weight excluding hydrogens is 727 g/mol. The van der Waals surface area contributed by atoms with Gasteiger partial charge in [-0.05, 0) is 109 Å². The van der Waals surface area contributed by atoms with Crippen molar-refractivity contribution in [3.05, 3.63) is 246 Å². The van der Waals surface area contributed by atoms with Gasteiger partial charge in [0, 0.05) is 22.2 Å². The number of fused-ring (bicyclic) bond motifs is 11. The van der Waals surface area contributed by atoms with Crippen LogP contribution in [-0.2, 0) is 10.8 Å². The summed E-state index contributed by atoms with van der Waals surface area (Å²) in [4.78, 5) is 2.44. The summed E-state index contributed by atoms with van der Waals surface area (Å²) in [5.41, 5.74) is 19.6. The third kappa shape index (κ3) is 4.82. The molecule has 0 saturated heterocycles.